The SMILES string of the molecule is CO[C@H]1OC[C@H](O)[C@H](OC(=O)c2ccccc2)[C@H]1O. The van der Waals surface area contributed by atoms with E-state index in [1.54, 1.807) is 30.3 Å². The molecule has 1 saturated heterocycles. The summed E-state index contributed by atoms with van der Waals surface area (Å²) in [5, 5.41) is 19.6. The van der Waals surface area contributed by atoms with E-state index in [1.165, 1.54) is 7.11 Å². The first-order valence-electron chi connectivity index (χ1n) is 5.90. The van der Waals surface area contributed by atoms with Gasteiger partial charge in [-0.05, 0) is 12.1 Å². The van der Waals surface area contributed by atoms with E-state index in [-0.39, 0.29) is 6.61 Å². The molecule has 0 spiro atoms. The van der Waals surface area contributed by atoms with Crippen LogP contribution in [0, 0.1) is 0 Å². The molecule has 1 heterocycles. The molecule has 1 aliphatic rings. The first-order chi connectivity index (χ1) is 9.13. The average molecular weight is 268 g/mol. The van der Waals surface area contributed by atoms with Gasteiger partial charge in [-0.1, -0.05) is 18.2 Å². The Labute approximate surface area is 110 Å². The number of aliphatic hydroxyl groups is 2. The molecule has 0 bridgehead atoms. The van der Waals surface area contributed by atoms with Crippen molar-refractivity contribution in [1.82, 2.24) is 0 Å². The molecule has 0 saturated carbocycles. The van der Waals surface area contributed by atoms with E-state index in [9.17, 15) is 15.0 Å². The van der Waals surface area contributed by atoms with Crippen molar-refractivity contribution in [2.24, 2.45) is 0 Å². The first kappa shape index (κ1) is 14.0. The van der Waals surface area contributed by atoms with E-state index in [2.05, 4.69) is 0 Å². The van der Waals surface area contributed by atoms with Gasteiger partial charge in [-0.3, -0.25) is 0 Å². The number of benzene rings is 1. The maximum absolute atomic E-state index is 11.9. The highest BCUT2D eigenvalue weighted by Gasteiger charge is 2.41. The van der Waals surface area contributed by atoms with Gasteiger partial charge >= 0.3 is 5.97 Å². The molecule has 104 valence electrons. The molecule has 1 aromatic carbocycles. The summed E-state index contributed by atoms with van der Waals surface area (Å²) in [5.74, 6) is -0.611. The zero-order valence-corrected chi connectivity index (χ0v) is 10.4. The summed E-state index contributed by atoms with van der Waals surface area (Å²) in [6.45, 7) is -0.0672. The standard InChI is InChI=1S/C13H16O6/c1-17-13-10(15)11(9(14)7-18-13)19-12(16)8-5-3-2-4-6-8/h2-6,9-11,13-15H,7H2,1H3/t9-,10+,11-,13-/m0/s1. The largest absolute Gasteiger partial charge is 0.453 e. The summed E-state index contributed by atoms with van der Waals surface area (Å²) >= 11 is 0. The van der Waals surface area contributed by atoms with Crippen molar-refractivity contribution in [1.29, 1.82) is 0 Å². The van der Waals surface area contributed by atoms with Crippen molar-refractivity contribution < 1.29 is 29.2 Å². The summed E-state index contributed by atoms with van der Waals surface area (Å²) in [6.07, 6.45) is -4.32. The minimum absolute atomic E-state index is 0.0672. The second-order valence-electron chi connectivity index (χ2n) is 4.23. The van der Waals surface area contributed by atoms with Crippen molar-refractivity contribution in [3.63, 3.8) is 0 Å². The Morgan fingerprint density at radius 2 is 2.00 bits per heavy atom. The molecule has 1 fully saturated rings. The lowest BCUT2D eigenvalue weighted by Gasteiger charge is -2.36. The van der Waals surface area contributed by atoms with E-state index in [0.717, 1.165) is 0 Å². The molecule has 0 unspecified atom stereocenters. The van der Waals surface area contributed by atoms with Gasteiger partial charge in [0.15, 0.2) is 12.4 Å². The van der Waals surface area contributed by atoms with E-state index in [0.29, 0.717) is 5.56 Å². The van der Waals surface area contributed by atoms with Crippen LogP contribution in [-0.2, 0) is 14.2 Å². The fourth-order valence-electron chi connectivity index (χ4n) is 1.89. The van der Waals surface area contributed by atoms with Crippen LogP contribution < -0.4 is 0 Å². The van der Waals surface area contributed by atoms with Crippen LogP contribution in [0.25, 0.3) is 0 Å². The molecule has 6 heteroatoms. The summed E-state index contributed by atoms with van der Waals surface area (Å²) in [4.78, 5) is 11.9. The summed E-state index contributed by atoms with van der Waals surface area (Å²) < 4.78 is 15.1. The predicted octanol–water partition coefficient (Wildman–Crippen LogP) is -0.0635. The monoisotopic (exact) mass is 268 g/mol. The Kier molecular flexibility index (Phi) is 4.49. The third kappa shape index (κ3) is 3.10. The van der Waals surface area contributed by atoms with Gasteiger partial charge in [-0.25, -0.2) is 4.79 Å². The fraction of sp³-hybridized carbons (Fsp3) is 0.462. The summed E-state index contributed by atoms with van der Waals surface area (Å²) in [7, 11) is 1.36. The number of esters is 1. The number of carbonyl (C=O) groups excluding carboxylic acids is 1. The van der Waals surface area contributed by atoms with Gasteiger partial charge in [-0.15, -0.1) is 0 Å². The lowest BCUT2D eigenvalue weighted by molar-refractivity contribution is -0.261. The van der Waals surface area contributed by atoms with E-state index >= 15 is 0 Å². The van der Waals surface area contributed by atoms with Crippen LogP contribution in [0.4, 0.5) is 0 Å². The van der Waals surface area contributed by atoms with Gasteiger partial charge in [0, 0.05) is 7.11 Å². The van der Waals surface area contributed by atoms with Crippen LogP contribution in [0.1, 0.15) is 10.4 Å². The Bertz CT molecular complexity index is 420. The number of methoxy groups -OCH3 is 1. The Hall–Kier alpha value is -1.47. The van der Waals surface area contributed by atoms with Crippen LogP contribution in [0.2, 0.25) is 0 Å². The number of ether oxygens (including phenoxy) is 3. The number of hydrogen-bond donors (Lipinski definition) is 2. The highest BCUT2D eigenvalue weighted by molar-refractivity contribution is 5.89. The summed E-state index contributed by atoms with van der Waals surface area (Å²) in [5.41, 5.74) is 0.349. The average Bonchev–Trinajstić information content (AvgIpc) is 2.44. The quantitative estimate of drug-likeness (QED) is 0.747. The molecule has 6 nitrogen and oxygen atoms in total. The lowest BCUT2D eigenvalue weighted by Crippen LogP contribution is -2.55. The van der Waals surface area contributed by atoms with Gasteiger partial charge in [0.25, 0.3) is 0 Å². The molecule has 2 rings (SSSR count). The highest BCUT2D eigenvalue weighted by Crippen LogP contribution is 2.20. The van der Waals surface area contributed by atoms with Crippen LogP contribution in [-0.4, -0.2) is 54.5 Å². The molecular weight excluding hydrogens is 252 g/mol. The Balaban J connectivity index is 2.06. The Morgan fingerprint density at radius 1 is 1.32 bits per heavy atom. The molecule has 4 atom stereocenters. The van der Waals surface area contributed by atoms with Gasteiger partial charge in [0.1, 0.15) is 12.2 Å². The lowest BCUT2D eigenvalue weighted by atomic mass is 10.1. The zero-order chi connectivity index (χ0) is 13.8. The van der Waals surface area contributed by atoms with Crippen LogP contribution in [0.3, 0.4) is 0 Å². The Morgan fingerprint density at radius 3 is 2.63 bits per heavy atom. The highest BCUT2D eigenvalue weighted by atomic mass is 16.7. The van der Waals surface area contributed by atoms with Crippen LogP contribution in [0.5, 0.6) is 0 Å². The number of carbonyl (C=O) groups is 1. The molecule has 1 aromatic rings. The number of aliphatic hydroxyl groups excluding tert-OH is 2. The molecule has 0 aliphatic carbocycles. The topological polar surface area (TPSA) is 85.2 Å². The summed E-state index contributed by atoms with van der Waals surface area (Å²) in [6, 6.07) is 8.36. The predicted molar refractivity (Wildman–Crippen MR) is 64.4 cm³/mol. The molecule has 0 radical (unpaired) electrons. The minimum atomic E-state index is -1.23. The molecule has 1 aliphatic heterocycles. The normalized spacial score (nSPS) is 30.9. The second-order valence-corrected chi connectivity index (χ2v) is 4.23. The van der Waals surface area contributed by atoms with Crippen molar-refractivity contribution in [3.05, 3.63) is 35.9 Å². The fourth-order valence-corrected chi connectivity index (χ4v) is 1.89. The van der Waals surface area contributed by atoms with Gasteiger partial charge in [0.05, 0.1) is 12.2 Å². The first-order valence-corrected chi connectivity index (χ1v) is 5.90. The van der Waals surface area contributed by atoms with Gasteiger partial charge in [0.2, 0.25) is 0 Å². The van der Waals surface area contributed by atoms with Crippen molar-refractivity contribution in [2.45, 2.75) is 24.6 Å². The van der Waals surface area contributed by atoms with Crippen LogP contribution >= 0.6 is 0 Å². The molecular formula is C13H16O6. The third-order valence-electron chi connectivity index (χ3n) is 2.91. The van der Waals surface area contributed by atoms with E-state index in [1.807, 2.05) is 0 Å². The molecule has 2 N–H and O–H groups in total. The minimum Gasteiger partial charge on any atom is -0.453 e. The molecule has 19 heavy (non-hydrogen) atoms. The zero-order valence-electron chi connectivity index (χ0n) is 10.4. The number of rotatable bonds is 3. The van der Waals surface area contributed by atoms with Gasteiger partial charge < -0.3 is 24.4 Å². The number of hydrogen-bond acceptors (Lipinski definition) is 6. The molecule has 0 aromatic heterocycles. The maximum atomic E-state index is 11.9. The van der Waals surface area contributed by atoms with Crippen molar-refractivity contribution >= 4 is 5.97 Å². The van der Waals surface area contributed by atoms with E-state index in [4.69, 9.17) is 14.2 Å². The molecule has 0 amide bonds. The van der Waals surface area contributed by atoms with Crippen LogP contribution in [0.15, 0.2) is 30.3 Å². The maximum Gasteiger partial charge on any atom is 0.338 e. The second kappa shape index (κ2) is 6.12. The third-order valence-corrected chi connectivity index (χ3v) is 2.91. The smallest absolute Gasteiger partial charge is 0.338 e. The van der Waals surface area contributed by atoms with E-state index < -0.39 is 30.6 Å². The van der Waals surface area contributed by atoms with Crippen molar-refractivity contribution in [2.75, 3.05) is 13.7 Å². The van der Waals surface area contributed by atoms with Crippen molar-refractivity contribution in [3.8, 4) is 0 Å². The van der Waals surface area contributed by atoms with Gasteiger partial charge in [-0.2, -0.15) is 0 Å².